The molecule has 5 heteroatoms. The first kappa shape index (κ1) is 15.0. The van der Waals surface area contributed by atoms with Gasteiger partial charge in [0.05, 0.1) is 0 Å². The van der Waals surface area contributed by atoms with Crippen LogP contribution in [0, 0.1) is 13.8 Å². The summed E-state index contributed by atoms with van der Waals surface area (Å²) in [6, 6.07) is 9.18. The molecule has 2 aromatic rings. The molecular weight excluding hydrogens is 346 g/mol. The minimum Gasteiger partial charge on any atom is -0.310 e. The van der Waals surface area contributed by atoms with E-state index in [4.69, 9.17) is 0 Å². The van der Waals surface area contributed by atoms with Gasteiger partial charge >= 0.3 is 0 Å². The average Bonchev–Trinajstić information content (AvgIpc) is 3.20. The third kappa shape index (κ3) is 4.28. The van der Waals surface area contributed by atoms with Gasteiger partial charge in [-0.3, -0.25) is 0 Å². The van der Waals surface area contributed by atoms with E-state index in [2.05, 4.69) is 49.4 Å². The second kappa shape index (κ2) is 6.46. The van der Waals surface area contributed by atoms with E-state index in [1.807, 2.05) is 19.9 Å². The van der Waals surface area contributed by atoms with Gasteiger partial charge in [-0.15, -0.1) is 0 Å². The van der Waals surface area contributed by atoms with Gasteiger partial charge in [-0.25, -0.2) is 9.97 Å². The van der Waals surface area contributed by atoms with Crippen molar-refractivity contribution in [1.29, 1.82) is 0 Å². The molecule has 1 heterocycles. The SMILES string of the molecule is Cc1cc(C)nc(Sc2ccc(CNC3CC3)c(Br)c2)n1. The number of benzene rings is 1. The molecule has 1 aromatic carbocycles. The van der Waals surface area contributed by atoms with Crippen LogP contribution in [0.1, 0.15) is 29.8 Å². The Morgan fingerprint density at radius 1 is 1.19 bits per heavy atom. The Morgan fingerprint density at radius 2 is 1.90 bits per heavy atom. The summed E-state index contributed by atoms with van der Waals surface area (Å²) in [5.74, 6) is 0. The number of nitrogens with one attached hydrogen (secondary N) is 1. The zero-order valence-electron chi connectivity index (χ0n) is 12.2. The highest BCUT2D eigenvalue weighted by atomic mass is 79.9. The Morgan fingerprint density at radius 3 is 2.52 bits per heavy atom. The van der Waals surface area contributed by atoms with Crippen LogP contribution in [0.3, 0.4) is 0 Å². The molecule has 110 valence electrons. The quantitative estimate of drug-likeness (QED) is 0.805. The molecule has 0 unspecified atom stereocenters. The lowest BCUT2D eigenvalue weighted by Crippen LogP contribution is -2.15. The summed E-state index contributed by atoms with van der Waals surface area (Å²) in [6.07, 6.45) is 2.63. The summed E-state index contributed by atoms with van der Waals surface area (Å²) in [5, 5.41) is 4.34. The predicted octanol–water partition coefficient (Wildman–Crippen LogP) is 4.26. The van der Waals surface area contributed by atoms with E-state index >= 15 is 0 Å². The first-order chi connectivity index (χ1) is 10.1. The Balaban J connectivity index is 1.71. The van der Waals surface area contributed by atoms with E-state index in [0.29, 0.717) is 0 Å². The van der Waals surface area contributed by atoms with Crippen molar-refractivity contribution >= 4 is 27.7 Å². The van der Waals surface area contributed by atoms with Gasteiger partial charge < -0.3 is 5.32 Å². The van der Waals surface area contributed by atoms with Gasteiger partial charge in [-0.1, -0.05) is 22.0 Å². The van der Waals surface area contributed by atoms with E-state index < -0.39 is 0 Å². The second-order valence-electron chi connectivity index (χ2n) is 5.44. The molecule has 3 nitrogen and oxygen atoms in total. The standard InChI is InChI=1S/C16H18BrN3S/c1-10-7-11(2)20-16(19-10)21-14-6-3-12(15(17)8-14)9-18-13-4-5-13/h3,6-8,13,18H,4-5,9H2,1-2H3. The molecular formula is C16H18BrN3S. The number of nitrogens with zero attached hydrogens (tertiary/aromatic N) is 2. The number of hydrogen-bond acceptors (Lipinski definition) is 4. The highest BCUT2D eigenvalue weighted by Gasteiger charge is 2.20. The summed E-state index contributed by atoms with van der Waals surface area (Å²) in [4.78, 5) is 10.1. The smallest absolute Gasteiger partial charge is 0.192 e. The van der Waals surface area contributed by atoms with Crippen molar-refractivity contribution in [2.24, 2.45) is 0 Å². The molecule has 1 saturated carbocycles. The second-order valence-corrected chi connectivity index (χ2v) is 7.34. The largest absolute Gasteiger partial charge is 0.310 e. The average molecular weight is 364 g/mol. The lowest BCUT2D eigenvalue weighted by Gasteiger charge is -2.08. The molecule has 0 aliphatic heterocycles. The fourth-order valence-corrected chi connectivity index (χ4v) is 3.69. The zero-order valence-corrected chi connectivity index (χ0v) is 14.6. The number of halogens is 1. The first-order valence-electron chi connectivity index (χ1n) is 7.12. The number of rotatable bonds is 5. The summed E-state index contributed by atoms with van der Waals surface area (Å²) >= 11 is 5.27. The molecule has 0 saturated heterocycles. The summed E-state index contributed by atoms with van der Waals surface area (Å²) in [7, 11) is 0. The van der Waals surface area contributed by atoms with Crippen molar-refractivity contribution in [3.05, 3.63) is 45.7 Å². The van der Waals surface area contributed by atoms with Crippen LogP contribution >= 0.6 is 27.7 Å². The van der Waals surface area contributed by atoms with Crippen LogP contribution in [-0.4, -0.2) is 16.0 Å². The highest BCUT2D eigenvalue weighted by Crippen LogP contribution is 2.30. The zero-order chi connectivity index (χ0) is 14.8. The maximum Gasteiger partial charge on any atom is 0.192 e. The Bertz CT molecular complexity index is 636. The molecule has 0 radical (unpaired) electrons. The van der Waals surface area contributed by atoms with Crippen LogP contribution in [0.25, 0.3) is 0 Å². The molecule has 1 N–H and O–H groups in total. The molecule has 1 fully saturated rings. The van der Waals surface area contributed by atoms with E-state index in [1.54, 1.807) is 11.8 Å². The molecule has 0 atom stereocenters. The van der Waals surface area contributed by atoms with Crippen molar-refractivity contribution in [2.75, 3.05) is 0 Å². The van der Waals surface area contributed by atoms with Crippen LogP contribution in [0.15, 0.2) is 38.8 Å². The highest BCUT2D eigenvalue weighted by molar-refractivity contribution is 9.10. The lowest BCUT2D eigenvalue weighted by atomic mass is 10.2. The summed E-state index contributed by atoms with van der Waals surface area (Å²) < 4.78 is 1.14. The number of aromatic nitrogens is 2. The topological polar surface area (TPSA) is 37.8 Å². The van der Waals surface area contributed by atoms with Crippen LogP contribution in [0.5, 0.6) is 0 Å². The fraction of sp³-hybridized carbons (Fsp3) is 0.375. The number of aryl methyl sites for hydroxylation is 2. The predicted molar refractivity (Wildman–Crippen MR) is 89.6 cm³/mol. The van der Waals surface area contributed by atoms with E-state index in [-0.39, 0.29) is 0 Å². The van der Waals surface area contributed by atoms with Crippen molar-refractivity contribution in [1.82, 2.24) is 15.3 Å². The fourth-order valence-electron chi connectivity index (χ4n) is 2.12. The first-order valence-corrected chi connectivity index (χ1v) is 8.73. The lowest BCUT2D eigenvalue weighted by molar-refractivity contribution is 0.685. The van der Waals surface area contributed by atoms with Gasteiger partial charge in [-0.2, -0.15) is 0 Å². The molecule has 21 heavy (non-hydrogen) atoms. The molecule has 1 aromatic heterocycles. The van der Waals surface area contributed by atoms with E-state index in [1.165, 1.54) is 18.4 Å². The normalized spacial score (nSPS) is 14.4. The molecule has 0 spiro atoms. The van der Waals surface area contributed by atoms with Crippen molar-refractivity contribution < 1.29 is 0 Å². The van der Waals surface area contributed by atoms with Gasteiger partial charge in [0.1, 0.15) is 0 Å². The molecule has 0 bridgehead atoms. The Hall–Kier alpha value is -0.910. The van der Waals surface area contributed by atoms with Crippen molar-refractivity contribution in [3.63, 3.8) is 0 Å². The van der Waals surface area contributed by atoms with Gasteiger partial charge in [-0.05, 0) is 62.2 Å². The number of hydrogen-bond donors (Lipinski definition) is 1. The Labute approximate surface area is 138 Å². The van der Waals surface area contributed by atoms with Crippen LogP contribution in [0.4, 0.5) is 0 Å². The monoisotopic (exact) mass is 363 g/mol. The summed E-state index contributed by atoms with van der Waals surface area (Å²) in [5.41, 5.74) is 3.32. The minimum absolute atomic E-state index is 0.731. The van der Waals surface area contributed by atoms with Gasteiger partial charge in [0.2, 0.25) is 0 Å². The van der Waals surface area contributed by atoms with Crippen molar-refractivity contribution in [3.8, 4) is 0 Å². The van der Waals surface area contributed by atoms with Gasteiger partial charge in [0.15, 0.2) is 5.16 Å². The van der Waals surface area contributed by atoms with Crippen molar-refractivity contribution in [2.45, 2.75) is 49.3 Å². The molecule has 1 aliphatic rings. The Kier molecular flexibility index (Phi) is 4.62. The molecule has 1 aliphatic carbocycles. The third-order valence-electron chi connectivity index (χ3n) is 3.35. The molecule has 3 rings (SSSR count). The van der Waals surface area contributed by atoms with Gasteiger partial charge in [0.25, 0.3) is 0 Å². The van der Waals surface area contributed by atoms with Crippen LogP contribution in [0.2, 0.25) is 0 Å². The maximum absolute atomic E-state index is 4.47. The van der Waals surface area contributed by atoms with E-state index in [0.717, 1.165) is 38.5 Å². The third-order valence-corrected chi connectivity index (χ3v) is 4.95. The maximum atomic E-state index is 4.47. The minimum atomic E-state index is 0.731. The van der Waals surface area contributed by atoms with Crippen LogP contribution < -0.4 is 5.32 Å². The van der Waals surface area contributed by atoms with Crippen LogP contribution in [-0.2, 0) is 6.54 Å². The summed E-state index contributed by atoms with van der Waals surface area (Å²) in [6.45, 7) is 4.93. The van der Waals surface area contributed by atoms with Gasteiger partial charge in [0, 0.05) is 33.3 Å². The van der Waals surface area contributed by atoms with E-state index in [9.17, 15) is 0 Å². The molecule has 0 amide bonds.